The summed E-state index contributed by atoms with van der Waals surface area (Å²) >= 11 is 0. The monoisotopic (exact) mass is 753 g/mol. The van der Waals surface area contributed by atoms with Crippen molar-refractivity contribution in [2.24, 2.45) is 0 Å². The third kappa shape index (κ3) is 5.25. The second-order valence-corrected chi connectivity index (χ2v) is 15.3. The number of benzene rings is 9. The molecule has 0 fully saturated rings. The van der Waals surface area contributed by atoms with E-state index in [0.29, 0.717) is 0 Å². The summed E-state index contributed by atoms with van der Waals surface area (Å²) in [6.07, 6.45) is 0. The van der Waals surface area contributed by atoms with Gasteiger partial charge in [0.25, 0.3) is 6.71 Å². The summed E-state index contributed by atoms with van der Waals surface area (Å²) in [5.74, 6) is 0. The van der Waals surface area contributed by atoms with Gasteiger partial charge >= 0.3 is 0 Å². The second-order valence-electron chi connectivity index (χ2n) is 15.3. The lowest BCUT2D eigenvalue weighted by Crippen LogP contribution is -2.61. The normalized spacial score (nSPS) is 12.6. The first-order valence-corrected chi connectivity index (χ1v) is 20.2. The van der Waals surface area contributed by atoms with Gasteiger partial charge in [-0.3, -0.25) is 0 Å². The number of furan rings is 1. The first-order chi connectivity index (χ1) is 29.3. The fraction of sp³-hybridized carbons (Fsp3) is 0. The van der Waals surface area contributed by atoms with Crippen molar-refractivity contribution in [3.8, 4) is 11.1 Å². The van der Waals surface area contributed by atoms with Crippen molar-refractivity contribution in [3.05, 3.63) is 218 Å². The summed E-state index contributed by atoms with van der Waals surface area (Å²) in [7, 11) is 0. The molecule has 12 rings (SSSR count). The van der Waals surface area contributed by atoms with Gasteiger partial charge in [0.1, 0.15) is 11.2 Å². The Morgan fingerprint density at radius 3 is 1.68 bits per heavy atom. The zero-order valence-corrected chi connectivity index (χ0v) is 32.1. The first-order valence-electron chi connectivity index (χ1n) is 20.2. The molecule has 0 saturated heterocycles. The molecular weight excluding hydrogens is 717 g/mol. The van der Waals surface area contributed by atoms with Gasteiger partial charge in [-0.25, -0.2) is 0 Å². The molecule has 0 spiro atoms. The lowest BCUT2D eigenvalue weighted by Gasteiger charge is -2.44. The molecule has 2 aliphatic rings. The summed E-state index contributed by atoms with van der Waals surface area (Å²) in [5.41, 5.74) is 18.0. The van der Waals surface area contributed by atoms with E-state index in [-0.39, 0.29) is 6.71 Å². The fourth-order valence-electron chi connectivity index (χ4n) is 9.53. The molecule has 0 atom stereocenters. The minimum atomic E-state index is -0.0210. The van der Waals surface area contributed by atoms with E-state index in [0.717, 1.165) is 56.1 Å². The van der Waals surface area contributed by atoms with Crippen LogP contribution in [0.3, 0.4) is 0 Å². The van der Waals surface area contributed by atoms with Gasteiger partial charge < -0.3 is 19.1 Å². The molecule has 0 unspecified atom stereocenters. The Morgan fingerprint density at radius 1 is 0.373 bits per heavy atom. The second kappa shape index (κ2) is 13.4. The Labute approximate surface area is 343 Å². The predicted molar refractivity (Wildman–Crippen MR) is 248 cm³/mol. The minimum absolute atomic E-state index is 0.0210. The van der Waals surface area contributed by atoms with Crippen molar-refractivity contribution in [2.45, 2.75) is 0 Å². The van der Waals surface area contributed by atoms with Gasteiger partial charge in [-0.05, 0) is 107 Å². The zero-order chi connectivity index (χ0) is 38.9. The zero-order valence-electron chi connectivity index (χ0n) is 32.1. The Hall–Kier alpha value is -7.76. The van der Waals surface area contributed by atoms with Gasteiger partial charge in [-0.1, -0.05) is 127 Å². The Morgan fingerprint density at radius 2 is 0.949 bits per heavy atom. The predicted octanol–water partition coefficient (Wildman–Crippen LogP) is 12.8. The molecule has 1 aromatic heterocycles. The Balaban J connectivity index is 1.12. The Kier molecular flexibility index (Phi) is 7.60. The molecule has 2 aliphatic heterocycles. The smallest absolute Gasteiger partial charge is 0.252 e. The van der Waals surface area contributed by atoms with Gasteiger partial charge in [0.05, 0.1) is 5.69 Å². The van der Waals surface area contributed by atoms with Crippen molar-refractivity contribution >= 4 is 96.2 Å². The summed E-state index contributed by atoms with van der Waals surface area (Å²) in [6, 6.07) is 78.4. The number of para-hydroxylation sites is 5. The van der Waals surface area contributed by atoms with Gasteiger partial charge in [-0.2, -0.15) is 0 Å². The molecule has 9 aromatic carbocycles. The third-order valence-corrected chi connectivity index (χ3v) is 12.0. The highest BCUT2D eigenvalue weighted by Crippen LogP contribution is 2.48. The van der Waals surface area contributed by atoms with Crippen LogP contribution in [0.15, 0.2) is 223 Å². The van der Waals surface area contributed by atoms with E-state index in [2.05, 4.69) is 233 Å². The lowest BCUT2D eigenvalue weighted by atomic mass is 9.33. The van der Waals surface area contributed by atoms with Crippen LogP contribution in [0.25, 0.3) is 33.1 Å². The van der Waals surface area contributed by atoms with Crippen LogP contribution in [-0.4, -0.2) is 6.71 Å². The molecule has 5 heteroatoms. The third-order valence-electron chi connectivity index (χ3n) is 12.0. The van der Waals surface area contributed by atoms with Crippen LogP contribution in [0.5, 0.6) is 0 Å². The van der Waals surface area contributed by atoms with Crippen molar-refractivity contribution in [3.63, 3.8) is 0 Å². The van der Waals surface area contributed by atoms with E-state index in [4.69, 9.17) is 4.42 Å². The van der Waals surface area contributed by atoms with Crippen LogP contribution in [0, 0.1) is 0 Å². The van der Waals surface area contributed by atoms with E-state index in [1.807, 2.05) is 0 Å². The van der Waals surface area contributed by atoms with Gasteiger partial charge in [-0.15, -0.1) is 0 Å². The highest BCUT2D eigenvalue weighted by molar-refractivity contribution is 7.00. The topological polar surface area (TPSA) is 22.9 Å². The average Bonchev–Trinajstić information content (AvgIpc) is 3.66. The largest absolute Gasteiger partial charge is 0.456 e. The molecule has 0 aliphatic carbocycles. The number of hydrogen-bond acceptors (Lipinski definition) is 4. The molecule has 0 N–H and O–H groups in total. The van der Waals surface area contributed by atoms with Crippen LogP contribution in [0.1, 0.15) is 0 Å². The molecule has 0 saturated carbocycles. The molecule has 276 valence electrons. The summed E-state index contributed by atoms with van der Waals surface area (Å²) in [4.78, 5) is 7.22. The van der Waals surface area contributed by atoms with Crippen molar-refractivity contribution in [1.29, 1.82) is 0 Å². The molecule has 4 nitrogen and oxygen atoms in total. The standard InChI is InChI=1S/C54H36BN3O/c1-5-18-37(19-6-1)42-26-13-15-28-47(42)58-50-31-17-30-49-54(50)55(45-27-14-16-29-48(45)57(49)40-24-11-4-12-25-40)46-36-53-44(35-51(46)58)43-33-32-41(34-52(43)59-53)56(38-20-7-2-8-21-38)39-22-9-3-10-23-39/h1-36H. The number of anilines is 9. The van der Waals surface area contributed by atoms with E-state index in [9.17, 15) is 0 Å². The van der Waals surface area contributed by atoms with E-state index >= 15 is 0 Å². The first kappa shape index (κ1) is 33.4. The van der Waals surface area contributed by atoms with Crippen LogP contribution in [0.2, 0.25) is 0 Å². The van der Waals surface area contributed by atoms with Crippen LogP contribution in [0.4, 0.5) is 51.2 Å². The van der Waals surface area contributed by atoms with Crippen molar-refractivity contribution in [2.75, 3.05) is 14.7 Å². The number of rotatable bonds is 6. The lowest BCUT2D eigenvalue weighted by molar-refractivity contribution is 0.669. The average molecular weight is 754 g/mol. The maximum atomic E-state index is 6.97. The van der Waals surface area contributed by atoms with Gasteiger partial charge in [0, 0.05) is 67.9 Å². The van der Waals surface area contributed by atoms with Gasteiger partial charge in [0.2, 0.25) is 0 Å². The summed E-state index contributed by atoms with van der Waals surface area (Å²) in [5, 5.41) is 2.18. The summed E-state index contributed by atoms with van der Waals surface area (Å²) in [6.45, 7) is -0.0210. The molecule has 3 heterocycles. The quantitative estimate of drug-likeness (QED) is 0.158. The maximum Gasteiger partial charge on any atom is 0.252 e. The van der Waals surface area contributed by atoms with Gasteiger partial charge in [0.15, 0.2) is 0 Å². The van der Waals surface area contributed by atoms with E-state index in [1.54, 1.807) is 0 Å². The SMILES string of the molecule is c1ccc(-c2ccccc2N2c3cc4c(cc3B3c5ccccc5N(c5ccccc5)c5cccc2c53)oc2cc(N(c3ccccc3)c3ccccc3)ccc24)cc1. The molecule has 59 heavy (non-hydrogen) atoms. The molecule has 0 bridgehead atoms. The van der Waals surface area contributed by atoms with Crippen LogP contribution in [-0.2, 0) is 0 Å². The molecule has 10 aromatic rings. The molecule has 0 radical (unpaired) electrons. The number of nitrogens with zero attached hydrogens (tertiary/aromatic N) is 3. The van der Waals surface area contributed by atoms with Crippen LogP contribution < -0.4 is 31.1 Å². The fourth-order valence-corrected chi connectivity index (χ4v) is 9.53. The highest BCUT2D eigenvalue weighted by atomic mass is 16.3. The Bertz CT molecular complexity index is 3150. The minimum Gasteiger partial charge on any atom is -0.456 e. The van der Waals surface area contributed by atoms with E-state index < -0.39 is 0 Å². The number of fused-ring (bicyclic) bond motifs is 7. The maximum absolute atomic E-state index is 6.97. The van der Waals surface area contributed by atoms with Crippen molar-refractivity contribution in [1.82, 2.24) is 0 Å². The highest BCUT2D eigenvalue weighted by Gasteiger charge is 2.43. The van der Waals surface area contributed by atoms with E-state index in [1.165, 1.54) is 44.6 Å². The van der Waals surface area contributed by atoms with Crippen LogP contribution >= 0.6 is 0 Å². The molecule has 0 amide bonds. The van der Waals surface area contributed by atoms with Crippen molar-refractivity contribution < 1.29 is 4.42 Å². The summed E-state index contributed by atoms with van der Waals surface area (Å²) < 4.78 is 6.97. The molecular formula is C54H36BN3O. The number of hydrogen-bond donors (Lipinski definition) is 0.